The third kappa shape index (κ3) is 3.75. The number of carbonyl (C=O) groups excluding carboxylic acids is 1. The summed E-state index contributed by atoms with van der Waals surface area (Å²) in [5.41, 5.74) is 1.03. The fourth-order valence-electron chi connectivity index (χ4n) is 2.15. The summed E-state index contributed by atoms with van der Waals surface area (Å²) in [5, 5.41) is 8.84. The number of nitrogens with zero attached hydrogens (tertiary/aromatic N) is 2. The molecule has 0 atom stereocenters. The molecule has 0 bridgehead atoms. The van der Waals surface area contributed by atoms with E-state index in [0.717, 1.165) is 0 Å². The maximum absolute atomic E-state index is 13.0. The van der Waals surface area contributed by atoms with E-state index in [-0.39, 0.29) is 30.4 Å². The second kappa shape index (κ2) is 7.18. The number of nitrogens with one attached hydrogen (secondary N) is 1. The summed E-state index contributed by atoms with van der Waals surface area (Å²) in [7, 11) is 0. The first kappa shape index (κ1) is 16.1. The minimum atomic E-state index is -0.330. The van der Waals surface area contributed by atoms with Crippen LogP contribution in [0, 0.1) is 5.82 Å². The Labute approximate surface area is 141 Å². The van der Waals surface area contributed by atoms with Gasteiger partial charge in [-0.25, -0.2) is 9.07 Å². The van der Waals surface area contributed by atoms with Crippen molar-refractivity contribution in [1.82, 2.24) is 15.1 Å². The lowest BCUT2D eigenvalue weighted by Crippen LogP contribution is -2.31. The summed E-state index contributed by atoms with van der Waals surface area (Å²) >= 11 is 1.35. The van der Waals surface area contributed by atoms with Gasteiger partial charge in [-0.15, -0.1) is 11.3 Å². The Morgan fingerprint density at radius 2 is 1.96 bits per heavy atom. The molecule has 1 aromatic carbocycles. The van der Waals surface area contributed by atoms with Gasteiger partial charge in [0.05, 0.1) is 17.1 Å². The Bertz CT molecular complexity index is 889. The van der Waals surface area contributed by atoms with Gasteiger partial charge in [-0.05, 0) is 41.8 Å². The highest BCUT2D eigenvalue weighted by Crippen LogP contribution is 2.15. The molecule has 0 saturated heterocycles. The summed E-state index contributed by atoms with van der Waals surface area (Å²) in [6, 6.07) is 12.4. The summed E-state index contributed by atoms with van der Waals surface area (Å²) in [6.45, 7) is 0.543. The molecule has 5 nitrogen and oxygen atoms in total. The molecule has 0 aliphatic rings. The molecule has 0 aliphatic heterocycles. The molecule has 3 rings (SSSR count). The van der Waals surface area contributed by atoms with E-state index in [2.05, 4.69) is 10.4 Å². The summed E-state index contributed by atoms with van der Waals surface area (Å²) in [6.07, 6.45) is 0. The molecule has 0 saturated carbocycles. The molecule has 24 heavy (non-hydrogen) atoms. The van der Waals surface area contributed by atoms with Gasteiger partial charge in [-0.1, -0.05) is 6.07 Å². The Balaban J connectivity index is 1.69. The summed E-state index contributed by atoms with van der Waals surface area (Å²) in [4.78, 5) is 24.4. The van der Waals surface area contributed by atoms with Crippen LogP contribution in [0.5, 0.6) is 0 Å². The number of carbonyl (C=O) groups is 1. The highest BCUT2D eigenvalue weighted by Gasteiger charge is 2.07. The molecule has 0 spiro atoms. The molecule has 2 heterocycles. The zero-order chi connectivity index (χ0) is 16.9. The van der Waals surface area contributed by atoms with Crippen LogP contribution in [-0.4, -0.2) is 22.2 Å². The molecule has 3 aromatic rings. The van der Waals surface area contributed by atoms with Crippen molar-refractivity contribution in [3.05, 3.63) is 75.0 Å². The van der Waals surface area contributed by atoms with Gasteiger partial charge in [0.25, 0.3) is 11.5 Å². The molecule has 0 unspecified atom stereocenters. The first-order chi connectivity index (χ1) is 11.6. The fourth-order valence-corrected chi connectivity index (χ4v) is 2.79. The van der Waals surface area contributed by atoms with Crippen LogP contribution >= 0.6 is 11.3 Å². The van der Waals surface area contributed by atoms with Gasteiger partial charge in [0.1, 0.15) is 5.82 Å². The van der Waals surface area contributed by atoms with Crippen LogP contribution in [0.15, 0.2) is 58.7 Å². The normalized spacial score (nSPS) is 10.5. The number of thiophene rings is 1. The van der Waals surface area contributed by atoms with E-state index in [9.17, 15) is 14.0 Å². The Hall–Kier alpha value is -2.80. The molecule has 1 N–H and O–H groups in total. The number of benzene rings is 1. The van der Waals surface area contributed by atoms with E-state index in [0.29, 0.717) is 16.1 Å². The average Bonchev–Trinajstić information content (AvgIpc) is 3.12. The molecule has 2 aromatic heterocycles. The molecule has 7 heteroatoms. The van der Waals surface area contributed by atoms with Gasteiger partial charge >= 0.3 is 0 Å². The van der Waals surface area contributed by atoms with Crippen molar-refractivity contribution in [2.45, 2.75) is 6.54 Å². The van der Waals surface area contributed by atoms with Crippen molar-refractivity contribution in [3.8, 4) is 11.3 Å². The standard InChI is InChI=1S/C17H14FN3O2S/c18-13-5-3-12(4-6-13)14-7-8-16(22)21(20-14)10-9-19-17(23)15-2-1-11-24-15/h1-8,11H,9-10H2,(H,19,23). The largest absolute Gasteiger partial charge is 0.349 e. The van der Waals surface area contributed by atoms with Gasteiger partial charge in [0, 0.05) is 18.2 Å². The van der Waals surface area contributed by atoms with E-state index in [1.165, 1.54) is 34.2 Å². The lowest BCUT2D eigenvalue weighted by Gasteiger charge is -2.08. The molecule has 0 radical (unpaired) electrons. The van der Waals surface area contributed by atoms with E-state index in [4.69, 9.17) is 0 Å². The van der Waals surface area contributed by atoms with Gasteiger partial charge in [0.2, 0.25) is 0 Å². The van der Waals surface area contributed by atoms with Crippen LogP contribution in [-0.2, 0) is 6.54 Å². The molecular weight excluding hydrogens is 329 g/mol. The van der Waals surface area contributed by atoms with Crippen LogP contribution in [0.25, 0.3) is 11.3 Å². The number of hydrogen-bond donors (Lipinski definition) is 1. The summed E-state index contributed by atoms with van der Waals surface area (Å²) in [5.74, 6) is -0.504. The van der Waals surface area contributed by atoms with E-state index >= 15 is 0 Å². The zero-order valence-electron chi connectivity index (χ0n) is 12.6. The highest BCUT2D eigenvalue weighted by molar-refractivity contribution is 7.12. The van der Waals surface area contributed by atoms with E-state index in [1.54, 1.807) is 30.3 Å². The Morgan fingerprint density at radius 1 is 1.17 bits per heavy atom. The average molecular weight is 343 g/mol. The number of rotatable bonds is 5. The molecule has 0 aliphatic carbocycles. The van der Waals surface area contributed by atoms with Gasteiger partial charge < -0.3 is 5.32 Å². The fraction of sp³-hybridized carbons (Fsp3) is 0.118. The van der Waals surface area contributed by atoms with Crippen molar-refractivity contribution in [1.29, 1.82) is 0 Å². The van der Waals surface area contributed by atoms with Crippen molar-refractivity contribution in [2.24, 2.45) is 0 Å². The quantitative estimate of drug-likeness (QED) is 0.774. The highest BCUT2D eigenvalue weighted by atomic mass is 32.1. The molecule has 122 valence electrons. The third-order valence-corrected chi connectivity index (χ3v) is 4.23. The van der Waals surface area contributed by atoms with Crippen LogP contribution in [0.1, 0.15) is 9.67 Å². The number of aromatic nitrogens is 2. The molecular formula is C17H14FN3O2S. The van der Waals surface area contributed by atoms with E-state index in [1.807, 2.05) is 5.38 Å². The smallest absolute Gasteiger partial charge is 0.266 e. The topological polar surface area (TPSA) is 64.0 Å². The van der Waals surface area contributed by atoms with Crippen molar-refractivity contribution in [2.75, 3.05) is 6.54 Å². The molecule has 0 fully saturated rings. The third-order valence-electron chi connectivity index (χ3n) is 3.36. The summed E-state index contributed by atoms with van der Waals surface area (Å²) < 4.78 is 14.3. The zero-order valence-corrected chi connectivity index (χ0v) is 13.4. The molecule has 1 amide bonds. The Kier molecular flexibility index (Phi) is 4.81. The maximum Gasteiger partial charge on any atom is 0.266 e. The second-order valence-corrected chi connectivity index (χ2v) is 5.97. The monoisotopic (exact) mass is 343 g/mol. The number of halogens is 1. The maximum atomic E-state index is 13.0. The number of hydrogen-bond acceptors (Lipinski definition) is 4. The lowest BCUT2D eigenvalue weighted by molar-refractivity contribution is 0.0956. The van der Waals surface area contributed by atoms with Gasteiger partial charge in [-0.3, -0.25) is 9.59 Å². The van der Waals surface area contributed by atoms with Crippen LogP contribution < -0.4 is 10.9 Å². The minimum Gasteiger partial charge on any atom is -0.349 e. The van der Waals surface area contributed by atoms with Crippen LogP contribution in [0.2, 0.25) is 0 Å². The van der Waals surface area contributed by atoms with Crippen molar-refractivity contribution in [3.63, 3.8) is 0 Å². The predicted octanol–water partition coefficient (Wildman–Crippen LogP) is 2.54. The Morgan fingerprint density at radius 3 is 2.67 bits per heavy atom. The second-order valence-electron chi connectivity index (χ2n) is 5.02. The minimum absolute atomic E-state index is 0.173. The lowest BCUT2D eigenvalue weighted by atomic mass is 10.1. The van der Waals surface area contributed by atoms with Gasteiger partial charge in [0.15, 0.2) is 0 Å². The van der Waals surface area contributed by atoms with Crippen LogP contribution in [0.3, 0.4) is 0 Å². The predicted molar refractivity (Wildman–Crippen MR) is 90.5 cm³/mol. The van der Waals surface area contributed by atoms with Gasteiger partial charge in [-0.2, -0.15) is 5.10 Å². The SMILES string of the molecule is O=C(NCCn1nc(-c2ccc(F)cc2)ccc1=O)c1cccs1. The van der Waals surface area contributed by atoms with Crippen LogP contribution in [0.4, 0.5) is 4.39 Å². The van der Waals surface area contributed by atoms with E-state index < -0.39 is 0 Å². The first-order valence-corrected chi connectivity index (χ1v) is 8.17. The van der Waals surface area contributed by atoms with Crippen molar-refractivity contribution >= 4 is 17.2 Å². The first-order valence-electron chi connectivity index (χ1n) is 7.29. The number of amides is 1. The van der Waals surface area contributed by atoms with Crippen molar-refractivity contribution < 1.29 is 9.18 Å².